The van der Waals surface area contributed by atoms with Gasteiger partial charge in [0.15, 0.2) is 0 Å². The lowest BCUT2D eigenvalue weighted by atomic mass is 10.1. The number of hydrogen-bond acceptors (Lipinski definition) is 2. The van der Waals surface area contributed by atoms with Gasteiger partial charge >= 0.3 is 0 Å². The molecule has 0 aliphatic heterocycles. The van der Waals surface area contributed by atoms with E-state index in [9.17, 15) is 0 Å². The molecule has 0 heterocycles. The minimum atomic E-state index is -0.0649. The molecule has 0 aromatic rings. The molecule has 0 bridgehead atoms. The van der Waals surface area contributed by atoms with Crippen LogP contribution in [0.5, 0.6) is 0 Å². The van der Waals surface area contributed by atoms with Crippen molar-refractivity contribution in [3.63, 3.8) is 0 Å². The van der Waals surface area contributed by atoms with Crippen molar-refractivity contribution < 1.29 is 10.1 Å². The molecule has 0 fully saturated rings. The Kier molecular flexibility index (Phi) is 5.99. The average molecular weight is 131 g/mol. The average Bonchev–Trinajstić information content (AvgIpc) is 1.91. The van der Waals surface area contributed by atoms with Crippen molar-refractivity contribution in [1.82, 2.24) is 0 Å². The Morgan fingerprint density at radius 1 is 1.67 bits per heavy atom. The summed E-state index contributed by atoms with van der Waals surface area (Å²) in [5, 5.41) is 8.22. The fraction of sp³-hybridized carbons (Fsp3) is 0.857. The van der Waals surface area contributed by atoms with Crippen molar-refractivity contribution in [2.24, 2.45) is 0 Å². The highest BCUT2D eigenvalue weighted by Crippen LogP contribution is 2.05. The molecule has 1 radical (unpaired) electrons. The second-order valence-electron chi connectivity index (χ2n) is 2.12. The van der Waals surface area contributed by atoms with Gasteiger partial charge in [-0.05, 0) is 12.8 Å². The fourth-order valence-corrected chi connectivity index (χ4v) is 0.686. The summed E-state index contributed by atoms with van der Waals surface area (Å²) < 4.78 is 0. The zero-order valence-corrected chi connectivity index (χ0v) is 6.13. The van der Waals surface area contributed by atoms with Gasteiger partial charge in [0.2, 0.25) is 0 Å². The van der Waals surface area contributed by atoms with E-state index in [1.54, 1.807) is 0 Å². The van der Waals surface area contributed by atoms with Gasteiger partial charge in [-0.3, -0.25) is 5.26 Å². The third kappa shape index (κ3) is 4.43. The van der Waals surface area contributed by atoms with E-state index in [1.165, 1.54) is 0 Å². The first-order valence-electron chi connectivity index (χ1n) is 3.44. The normalized spacial score (nSPS) is 13.7. The molecule has 0 saturated heterocycles. The monoisotopic (exact) mass is 131 g/mol. The summed E-state index contributed by atoms with van der Waals surface area (Å²) in [6, 6.07) is 0. The van der Waals surface area contributed by atoms with Crippen molar-refractivity contribution in [2.45, 2.75) is 39.2 Å². The van der Waals surface area contributed by atoms with Crippen LogP contribution >= 0.6 is 0 Å². The molecular formula is C7H15O2. The second-order valence-corrected chi connectivity index (χ2v) is 2.12. The molecular weight excluding hydrogens is 116 g/mol. The molecule has 9 heavy (non-hydrogen) atoms. The zero-order valence-electron chi connectivity index (χ0n) is 6.13. The van der Waals surface area contributed by atoms with Crippen LogP contribution in [0.4, 0.5) is 0 Å². The molecule has 0 saturated carbocycles. The summed E-state index contributed by atoms with van der Waals surface area (Å²) in [6.45, 7) is 4.00. The van der Waals surface area contributed by atoms with Crippen molar-refractivity contribution >= 4 is 0 Å². The van der Waals surface area contributed by atoms with Crippen LogP contribution in [0.1, 0.15) is 33.1 Å². The van der Waals surface area contributed by atoms with Crippen LogP contribution in [0.2, 0.25) is 0 Å². The summed E-state index contributed by atoms with van der Waals surface area (Å²) in [5.74, 6) is 0. The molecule has 1 N–H and O–H groups in total. The van der Waals surface area contributed by atoms with Crippen molar-refractivity contribution in [3.05, 3.63) is 6.42 Å². The van der Waals surface area contributed by atoms with E-state index < -0.39 is 0 Å². The van der Waals surface area contributed by atoms with Gasteiger partial charge in [0.05, 0.1) is 6.10 Å². The summed E-state index contributed by atoms with van der Waals surface area (Å²) in [4.78, 5) is 4.15. The minimum absolute atomic E-state index is 0.0649. The molecule has 0 aliphatic rings. The van der Waals surface area contributed by atoms with Gasteiger partial charge in [-0.25, -0.2) is 4.89 Å². The highest BCUT2D eigenvalue weighted by Gasteiger charge is 2.03. The Balaban J connectivity index is 3.09. The first-order chi connectivity index (χ1) is 4.35. The van der Waals surface area contributed by atoms with Crippen LogP contribution in [0.25, 0.3) is 0 Å². The molecule has 0 aromatic heterocycles. The maximum Gasteiger partial charge on any atom is 0.0956 e. The Hall–Kier alpha value is -0.0800. The molecule has 1 atom stereocenters. The molecule has 0 spiro atoms. The lowest BCUT2D eigenvalue weighted by molar-refractivity contribution is -0.271. The van der Waals surface area contributed by atoms with Crippen LogP contribution < -0.4 is 0 Å². The first kappa shape index (κ1) is 8.92. The van der Waals surface area contributed by atoms with E-state index >= 15 is 0 Å². The molecule has 0 rings (SSSR count). The van der Waals surface area contributed by atoms with Gasteiger partial charge in [-0.2, -0.15) is 0 Å². The third-order valence-electron chi connectivity index (χ3n) is 1.35. The van der Waals surface area contributed by atoms with Crippen LogP contribution in [0.15, 0.2) is 0 Å². The van der Waals surface area contributed by atoms with E-state index in [0.29, 0.717) is 0 Å². The second kappa shape index (κ2) is 6.05. The lowest BCUT2D eigenvalue weighted by Crippen LogP contribution is -2.08. The van der Waals surface area contributed by atoms with Crippen molar-refractivity contribution in [2.75, 3.05) is 0 Å². The Bertz CT molecular complexity index is 50.9. The van der Waals surface area contributed by atoms with Gasteiger partial charge in [-0.1, -0.05) is 26.7 Å². The highest BCUT2D eigenvalue weighted by molar-refractivity contribution is 4.69. The molecule has 2 heteroatoms. The quantitative estimate of drug-likeness (QED) is 0.458. The fourth-order valence-electron chi connectivity index (χ4n) is 0.686. The predicted octanol–water partition coefficient (Wildman–Crippen LogP) is 2.26. The standard InChI is InChI=1S/C7H15O2/c1-3-5-6-7(4-2)9-8/h4,7-8H,3,5-6H2,1-2H3. The largest absolute Gasteiger partial charge is 0.252 e. The van der Waals surface area contributed by atoms with E-state index in [4.69, 9.17) is 5.26 Å². The summed E-state index contributed by atoms with van der Waals surface area (Å²) >= 11 is 0. The van der Waals surface area contributed by atoms with Crippen LogP contribution in [-0.2, 0) is 4.89 Å². The highest BCUT2D eigenvalue weighted by atomic mass is 17.1. The number of unbranched alkanes of at least 4 members (excludes halogenated alkanes) is 1. The molecule has 55 valence electrons. The topological polar surface area (TPSA) is 29.5 Å². The molecule has 0 aliphatic carbocycles. The van der Waals surface area contributed by atoms with Crippen LogP contribution in [0.3, 0.4) is 0 Å². The number of hydrogen-bond donors (Lipinski definition) is 1. The Labute approximate surface area is 56.8 Å². The Morgan fingerprint density at radius 3 is 2.67 bits per heavy atom. The van der Waals surface area contributed by atoms with E-state index in [-0.39, 0.29) is 6.10 Å². The Morgan fingerprint density at radius 2 is 2.33 bits per heavy atom. The van der Waals surface area contributed by atoms with Crippen LogP contribution in [-0.4, -0.2) is 11.4 Å². The SMILES string of the molecule is C[CH]C(CCCC)OO. The minimum Gasteiger partial charge on any atom is -0.252 e. The van der Waals surface area contributed by atoms with Gasteiger partial charge < -0.3 is 0 Å². The van der Waals surface area contributed by atoms with Crippen molar-refractivity contribution in [3.8, 4) is 0 Å². The molecule has 0 aromatic carbocycles. The predicted molar refractivity (Wildman–Crippen MR) is 37.0 cm³/mol. The smallest absolute Gasteiger partial charge is 0.0956 e. The van der Waals surface area contributed by atoms with Gasteiger partial charge in [-0.15, -0.1) is 0 Å². The van der Waals surface area contributed by atoms with E-state index in [0.717, 1.165) is 19.3 Å². The molecule has 0 amide bonds. The summed E-state index contributed by atoms with van der Waals surface area (Å²) in [6.07, 6.45) is 4.97. The van der Waals surface area contributed by atoms with E-state index in [1.807, 2.05) is 13.3 Å². The zero-order chi connectivity index (χ0) is 7.11. The van der Waals surface area contributed by atoms with Gasteiger partial charge in [0.25, 0.3) is 0 Å². The van der Waals surface area contributed by atoms with Crippen molar-refractivity contribution in [1.29, 1.82) is 0 Å². The maximum atomic E-state index is 8.22. The first-order valence-corrected chi connectivity index (χ1v) is 3.44. The lowest BCUT2D eigenvalue weighted by Gasteiger charge is -2.07. The summed E-state index contributed by atoms with van der Waals surface area (Å²) in [5.41, 5.74) is 0. The molecule has 1 unspecified atom stereocenters. The van der Waals surface area contributed by atoms with Gasteiger partial charge in [0, 0.05) is 0 Å². The van der Waals surface area contributed by atoms with Gasteiger partial charge in [0.1, 0.15) is 0 Å². The molecule has 2 nitrogen and oxygen atoms in total. The maximum absolute atomic E-state index is 8.22. The van der Waals surface area contributed by atoms with Crippen LogP contribution in [0, 0.1) is 6.42 Å². The summed E-state index contributed by atoms with van der Waals surface area (Å²) in [7, 11) is 0. The number of rotatable bonds is 5. The third-order valence-corrected chi connectivity index (χ3v) is 1.35. The van der Waals surface area contributed by atoms with E-state index in [2.05, 4.69) is 11.8 Å².